The van der Waals surface area contributed by atoms with Crippen LogP contribution in [0.1, 0.15) is 31.2 Å². The number of hydrogen-bond acceptors (Lipinski definition) is 6. The number of aromatic nitrogens is 1. The van der Waals surface area contributed by atoms with Crippen LogP contribution >= 0.6 is 11.3 Å². The molecular formula is C16H19N3O3S2. The summed E-state index contributed by atoms with van der Waals surface area (Å²) in [5.74, 6) is 0.940. The van der Waals surface area contributed by atoms with Crippen molar-refractivity contribution < 1.29 is 13.2 Å². The Morgan fingerprint density at radius 1 is 1.42 bits per heavy atom. The molecule has 1 N–H and O–H groups in total. The Morgan fingerprint density at radius 2 is 2.17 bits per heavy atom. The van der Waals surface area contributed by atoms with E-state index >= 15 is 0 Å². The molecule has 6 nitrogen and oxygen atoms in total. The second-order valence-corrected chi connectivity index (χ2v) is 8.86. The lowest BCUT2D eigenvalue weighted by molar-refractivity contribution is 0.137. The molecule has 0 unspecified atom stereocenters. The zero-order chi connectivity index (χ0) is 17.2. The highest BCUT2D eigenvalue weighted by molar-refractivity contribution is 7.89. The van der Waals surface area contributed by atoms with Crippen molar-refractivity contribution in [3.8, 4) is 11.8 Å². The number of fused-ring (bicyclic) bond motifs is 1. The highest BCUT2D eigenvalue weighted by Crippen LogP contribution is 2.35. The summed E-state index contributed by atoms with van der Waals surface area (Å²) in [7, 11) is -1.72. The lowest BCUT2D eigenvalue weighted by Gasteiger charge is -2.29. The number of hydrogen-bond donors (Lipinski definition) is 1. The average molecular weight is 365 g/mol. The fourth-order valence-corrected chi connectivity index (χ4v) is 4.94. The summed E-state index contributed by atoms with van der Waals surface area (Å²) in [4.78, 5) is 5.13. The van der Waals surface area contributed by atoms with Crippen LogP contribution in [0.3, 0.4) is 0 Å². The fraction of sp³-hybridized carbons (Fsp3) is 0.500. The van der Waals surface area contributed by atoms with Crippen LogP contribution in [0, 0.1) is 17.2 Å². The molecule has 1 fully saturated rings. The topological polar surface area (TPSA) is 92.1 Å². The van der Waals surface area contributed by atoms with Crippen LogP contribution in [0.15, 0.2) is 17.6 Å². The van der Waals surface area contributed by atoms with E-state index < -0.39 is 10.0 Å². The maximum atomic E-state index is 11.7. The predicted octanol–water partition coefficient (Wildman–Crippen LogP) is 2.65. The Hall–Kier alpha value is -1.69. The smallest absolute Gasteiger partial charge is 0.211 e. The van der Waals surface area contributed by atoms with Crippen LogP contribution in [0.4, 0.5) is 0 Å². The lowest BCUT2D eigenvalue weighted by Crippen LogP contribution is -2.31. The van der Waals surface area contributed by atoms with Crippen molar-refractivity contribution in [2.75, 3.05) is 12.8 Å². The van der Waals surface area contributed by atoms with Crippen molar-refractivity contribution >= 4 is 31.6 Å². The van der Waals surface area contributed by atoms with E-state index in [9.17, 15) is 13.7 Å². The molecule has 0 radical (unpaired) electrons. The molecule has 0 saturated heterocycles. The minimum absolute atomic E-state index is 0.0103. The molecule has 24 heavy (non-hydrogen) atoms. The molecule has 3 rings (SSSR count). The number of nitrogens with zero attached hydrogens (tertiary/aromatic N) is 2. The van der Waals surface area contributed by atoms with Crippen molar-refractivity contribution in [1.29, 1.82) is 5.26 Å². The first-order chi connectivity index (χ1) is 11.5. The molecule has 1 aliphatic carbocycles. The van der Waals surface area contributed by atoms with E-state index in [2.05, 4.69) is 15.8 Å². The number of nitrogens with one attached hydrogen (secondary N) is 1. The monoisotopic (exact) mass is 365 g/mol. The van der Waals surface area contributed by atoms with Gasteiger partial charge in [-0.25, -0.2) is 18.1 Å². The minimum Gasteiger partial charge on any atom is -0.488 e. The lowest BCUT2D eigenvalue weighted by atomic mass is 9.88. The summed E-state index contributed by atoms with van der Waals surface area (Å²) in [6, 6.07) is 4.07. The summed E-state index contributed by atoms with van der Waals surface area (Å²) >= 11 is 1.52. The van der Waals surface area contributed by atoms with Crippen molar-refractivity contribution in [1.82, 2.24) is 9.71 Å². The van der Waals surface area contributed by atoms with Gasteiger partial charge in [-0.15, -0.1) is 11.3 Å². The molecule has 1 aliphatic rings. The summed E-state index contributed by atoms with van der Waals surface area (Å²) in [6.45, 7) is 0. The van der Waals surface area contributed by atoms with E-state index in [4.69, 9.17) is 4.74 Å². The minimum atomic E-state index is -3.17. The number of rotatable bonds is 5. The Kier molecular flexibility index (Phi) is 5.04. The summed E-state index contributed by atoms with van der Waals surface area (Å²) in [6.07, 6.45) is 4.78. The SMILES string of the molecule is CNS(=O)(=O)CC1CCC(Oc2c(C#N)cnc3sccc23)CC1. The van der Waals surface area contributed by atoms with Crippen LogP contribution < -0.4 is 9.46 Å². The fourth-order valence-electron chi connectivity index (χ4n) is 3.08. The van der Waals surface area contributed by atoms with Gasteiger partial charge in [-0.05, 0) is 50.1 Å². The third-order valence-corrected chi connectivity index (χ3v) is 6.76. The third-order valence-electron chi connectivity index (χ3n) is 4.41. The predicted molar refractivity (Wildman–Crippen MR) is 93.6 cm³/mol. The van der Waals surface area contributed by atoms with E-state index in [1.165, 1.54) is 18.4 Å². The molecule has 2 aromatic heterocycles. The van der Waals surface area contributed by atoms with E-state index in [1.807, 2.05) is 11.4 Å². The second-order valence-electron chi connectivity index (χ2n) is 6.00. The van der Waals surface area contributed by atoms with Gasteiger partial charge >= 0.3 is 0 Å². The third kappa shape index (κ3) is 3.69. The highest BCUT2D eigenvalue weighted by atomic mass is 32.2. The molecule has 0 atom stereocenters. The van der Waals surface area contributed by atoms with Gasteiger partial charge in [0, 0.05) is 0 Å². The van der Waals surface area contributed by atoms with Gasteiger partial charge in [0.15, 0.2) is 0 Å². The standard InChI is InChI=1S/C16H19N3O3S2/c1-18-24(20,21)10-11-2-4-13(5-3-11)22-15-12(8-17)9-19-16-14(15)6-7-23-16/h6-7,9,11,13,18H,2-5,10H2,1H3. The Bertz CT molecular complexity index is 862. The van der Waals surface area contributed by atoms with Crippen molar-refractivity contribution in [2.45, 2.75) is 31.8 Å². The maximum absolute atomic E-state index is 11.7. The van der Waals surface area contributed by atoms with E-state index in [0.29, 0.717) is 11.3 Å². The normalized spacial score (nSPS) is 21.5. The van der Waals surface area contributed by atoms with Crippen LogP contribution in [0.5, 0.6) is 5.75 Å². The Morgan fingerprint density at radius 3 is 2.83 bits per heavy atom. The van der Waals surface area contributed by atoms with Gasteiger partial charge < -0.3 is 4.74 Å². The van der Waals surface area contributed by atoms with Crippen LogP contribution in [-0.2, 0) is 10.0 Å². The van der Waals surface area contributed by atoms with Gasteiger partial charge in [0.1, 0.15) is 22.2 Å². The molecule has 2 heterocycles. The molecule has 1 saturated carbocycles. The quantitative estimate of drug-likeness (QED) is 0.879. The van der Waals surface area contributed by atoms with E-state index in [-0.39, 0.29) is 17.8 Å². The Balaban J connectivity index is 1.69. The van der Waals surface area contributed by atoms with Crippen molar-refractivity contribution in [3.05, 3.63) is 23.2 Å². The molecule has 0 bridgehead atoms. The molecule has 8 heteroatoms. The van der Waals surface area contributed by atoms with Gasteiger partial charge in [0.25, 0.3) is 0 Å². The van der Waals surface area contributed by atoms with Gasteiger partial charge in [0.05, 0.1) is 23.4 Å². The molecule has 0 spiro atoms. The van der Waals surface area contributed by atoms with Gasteiger partial charge in [-0.2, -0.15) is 5.26 Å². The molecule has 0 aliphatic heterocycles. The van der Waals surface area contributed by atoms with Gasteiger partial charge in [-0.1, -0.05) is 0 Å². The molecule has 2 aromatic rings. The summed E-state index contributed by atoms with van der Waals surface area (Å²) in [5.41, 5.74) is 0.445. The summed E-state index contributed by atoms with van der Waals surface area (Å²) in [5, 5.41) is 12.1. The average Bonchev–Trinajstić information content (AvgIpc) is 3.05. The number of pyridine rings is 1. The van der Waals surface area contributed by atoms with Gasteiger partial charge in [-0.3, -0.25) is 0 Å². The van der Waals surface area contributed by atoms with Crippen LogP contribution in [-0.4, -0.2) is 32.3 Å². The number of thiophene rings is 1. The van der Waals surface area contributed by atoms with Gasteiger partial charge in [0.2, 0.25) is 10.0 Å². The number of sulfonamides is 1. The zero-order valence-electron chi connectivity index (χ0n) is 13.4. The first-order valence-electron chi connectivity index (χ1n) is 7.86. The van der Waals surface area contributed by atoms with Crippen LogP contribution in [0.25, 0.3) is 10.2 Å². The summed E-state index contributed by atoms with van der Waals surface area (Å²) < 4.78 is 31.8. The van der Waals surface area contributed by atoms with E-state index in [0.717, 1.165) is 35.9 Å². The first-order valence-corrected chi connectivity index (χ1v) is 10.4. The largest absolute Gasteiger partial charge is 0.488 e. The molecule has 0 amide bonds. The molecule has 0 aromatic carbocycles. The number of nitriles is 1. The zero-order valence-corrected chi connectivity index (χ0v) is 15.0. The number of ether oxygens (including phenoxy) is 1. The van der Waals surface area contributed by atoms with Crippen LogP contribution in [0.2, 0.25) is 0 Å². The van der Waals surface area contributed by atoms with E-state index in [1.54, 1.807) is 6.20 Å². The highest BCUT2D eigenvalue weighted by Gasteiger charge is 2.27. The van der Waals surface area contributed by atoms with Crippen molar-refractivity contribution in [3.63, 3.8) is 0 Å². The molecule has 128 valence electrons. The first kappa shape index (κ1) is 17.1. The van der Waals surface area contributed by atoms with Crippen molar-refractivity contribution in [2.24, 2.45) is 5.92 Å². The maximum Gasteiger partial charge on any atom is 0.211 e. The molecular weight excluding hydrogens is 346 g/mol. The Labute approximate surface area is 145 Å². The second kappa shape index (κ2) is 7.05.